The van der Waals surface area contributed by atoms with Gasteiger partial charge in [0.2, 0.25) is 0 Å². The first-order chi connectivity index (χ1) is 7.59. The van der Waals surface area contributed by atoms with Gasteiger partial charge in [-0.05, 0) is 26.0 Å². The van der Waals surface area contributed by atoms with Crippen molar-refractivity contribution in [2.75, 3.05) is 0 Å². The molecule has 0 bridgehead atoms. The predicted molar refractivity (Wildman–Crippen MR) is 64.3 cm³/mol. The van der Waals surface area contributed by atoms with Crippen molar-refractivity contribution >= 4 is 22.9 Å². The molecule has 0 amide bonds. The first-order valence-electron chi connectivity index (χ1n) is 5.08. The minimum Gasteiger partial charge on any atom is -0.478 e. The van der Waals surface area contributed by atoms with E-state index < -0.39 is 5.97 Å². The van der Waals surface area contributed by atoms with E-state index in [1.54, 1.807) is 13.0 Å². The summed E-state index contributed by atoms with van der Waals surface area (Å²) >= 11 is 0. The Hall–Kier alpha value is -2.03. The van der Waals surface area contributed by atoms with Gasteiger partial charge in [0.25, 0.3) is 0 Å². The van der Waals surface area contributed by atoms with Crippen molar-refractivity contribution in [3.05, 3.63) is 41.1 Å². The highest BCUT2D eigenvalue weighted by Crippen LogP contribution is 2.24. The molecular formula is C13H13NO2. The standard InChI is InChI=1S/C13H13NO2/c1-8(13(15)16)7-11-9(2)14-12-6-4-3-5-10(11)12/h3-7,14H,1-2H3,(H,15,16)/b8-7+. The molecule has 0 spiro atoms. The molecule has 0 saturated heterocycles. The summed E-state index contributed by atoms with van der Waals surface area (Å²) in [7, 11) is 0. The van der Waals surface area contributed by atoms with Gasteiger partial charge < -0.3 is 10.1 Å². The maximum atomic E-state index is 10.8. The van der Waals surface area contributed by atoms with Gasteiger partial charge in [0.15, 0.2) is 0 Å². The average Bonchev–Trinajstić information content (AvgIpc) is 2.55. The molecule has 2 rings (SSSR count). The molecule has 0 unspecified atom stereocenters. The zero-order valence-electron chi connectivity index (χ0n) is 9.24. The van der Waals surface area contributed by atoms with Crippen LogP contribution in [0.3, 0.4) is 0 Å². The Morgan fingerprint density at radius 2 is 2.06 bits per heavy atom. The highest BCUT2D eigenvalue weighted by atomic mass is 16.4. The summed E-state index contributed by atoms with van der Waals surface area (Å²) in [6.07, 6.45) is 1.70. The number of para-hydroxylation sites is 1. The van der Waals surface area contributed by atoms with Gasteiger partial charge in [-0.2, -0.15) is 0 Å². The van der Waals surface area contributed by atoms with Gasteiger partial charge in [-0.15, -0.1) is 0 Å². The van der Waals surface area contributed by atoms with Gasteiger partial charge in [-0.25, -0.2) is 4.79 Å². The van der Waals surface area contributed by atoms with Crippen LogP contribution in [0.1, 0.15) is 18.2 Å². The number of hydrogen-bond donors (Lipinski definition) is 2. The molecule has 1 aromatic heterocycles. The van der Waals surface area contributed by atoms with E-state index in [2.05, 4.69) is 4.98 Å². The van der Waals surface area contributed by atoms with Crippen molar-refractivity contribution in [3.8, 4) is 0 Å². The third-order valence-corrected chi connectivity index (χ3v) is 2.64. The Morgan fingerprint density at radius 3 is 2.75 bits per heavy atom. The smallest absolute Gasteiger partial charge is 0.331 e. The molecule has 3 heteroatoms. The van der Waals surface area contributed by atoms with Crippen LogP contribution in [0.5, 0.6) is 0 Å². The molecule has 82 valence electrons. The van der Waals surface area contributed by atoms with Crippen molar-refractivity contribution < 1.29 is 9.90 Å². The summed E-state index contributed by atoms with van der Waals surface area (Å²) in [6.45, 7) is 3.55. The lowest BCUT2D eigenvalue weighted by atomic mass is 10.1. The van der Waals surface area contributed by atoms with E-state index in [4.69, 9.17) is 5.11 Å². The van der Waals surface area contributed by atoms with Gasteiger partial charge in [0, 0.05) is 27.7 Å². The largest absolute Gasteiger partial charge is 0.478 e. The second-order valence-corrected chi connectivity index (χ2v) is 3.84. The lowest BCUT2D eigenvalue weighted by molar-refractivity contribution is -0.132. The molecule has 16 heavy (non-hydrogen) atoms. The molecule has 0 radical (unpaired) electrons. The summed E-state index contributed by atoms with van der Waals surface area (Å²) in [5, 5.41) is 9.92. The molecule has 0 aliphatic carbocycles. The van der Waals surface area contributed by atoms with Crippen LogP contribution >= 0.6 is 0 Å². The van der Waals surface area contributed by atoms with Crippen molar-refractivity contribution in [3.63, 3.8) is 0 Å². The van der Waals surface area contributed by atoms with E-state index in [1.165, 1.54) is 0 Å². The van der Waals surface area contributed by atoms with Crippen LogP contribution < -0.4 is 0 Å². The van der Waals surface area contributed by atoms with Crippen molar-refractivity contribution in [1.82, 2.24) is 4.98 Å². The third-order valence-electron chi connectivity index (χ3n) is 2.64. The summed E-state index contributed by atoms with van der Waals surface area (Å²) in [6, 6.07) is 7.87. The summed E-state index contributed by atoms with van der Waals surface area (Å²) in [4.78, 5) is 14.0. The number of H-pyrrole nitrogens is 1. The Balaban J connectivity index is 2.64. The number of carbonyl (C=O) groups is 1. The SMILES string of the molecule is C/C(=C\c1c(C)[nH]c2ccccc12)C(=O)O. The number of hydrogen-bond acceptors (Lipinski definition) is 1. The molecule has 1 heterocycles. The van der Waals surface area contributed by atoms with Gasteiger partial charge in [-0.1, -0.05) is 18.2 Å². The highest BCUT2D eigenvalue weighted by molar-refractivity contribution is 5.97. The second-order valence-electron chi connectivity index (χ2n) is 3.84. The summed E-state index contributed by atoms with van der Waals surface area (Å²) in [5.41, 5.74) is 3.31. The molecule has 0 aliphatic heterocycles. The van der Waals surface area contributed by atoms with Gasteiger partial charge in [0.1, 0.15) is 0 Å². The fourth-order valence-electron chi connectivity index (χ4n) is 1.76. The van der Waals surface area contributed by atoms with Crippen LogP contribution in [0.4, 0.5) is 0 Å². The lowest BCUT2D eigenvalue weighted by Gasteiger charge is -1.95. The van der Waals surface area contributed by atoms with Crippen LogP contribution in [0.25, 0.3) is 17.0 Å². The molecule has 3 nitrogen and oxygen atoms in total. The summed E-state index contributed by atoms with van der Waals surface area (Å²) < 4.78 is 0. The van der Waals surface area contributed by atoms with Crippen molar-refractivity contribution in [1.29, 1.82) is 0 Å². The molecular weight excluding hydrogens is 202 g/mol. The van der Waals surface area contributed by atoms with E-state index in [0.29, 0.717) is 5.57 Å². The number of carboxylic acid groups (broad SMARTS) is 1. The third kappa shape index (κ3) is 1.72. The Morgan fingerprint density at radius 1 is 1.38 bits per heavy atom. The molecule has 0 fully saturated rings. The minimum absolute atomic E-state index is 0.341. The molecule has 0 atom stereocenters. The van der Waals surface area contributed by atoms with Gasteiger partial charge >= 0.3 is 5.97 Å². The topological polar surface area (TPSA) is 53.1 Å². The van der Waals surface area contributed by atoms with E-state index in [1.807, 2.05) is 31.2 Å². The molecule has 0 aliphatic rings. The Kier molecular flexibility index (Phi) is 2.52. The molecule has 2 N–H and O–H groups in total. The zero-order chi connectivity index (χ0) is 11.7. The number of aryl methyl sites for hydroxylation is 1. The molecule has 0 saturated carbocycles. The van der Waals surface area contributed by atoms with Crippen molar-refractivity contribution in [2.45, 2.75) is 13.8 Å². The number of nitrogens with one attached hydrogen (secondary N) is 1. The van der Waals surface area contributed by atoms with Crippen LogP contribution in [0.2, 0.25) is 0 Å². The predicted octanol–water partition coefficient (Wildman–Crippen LogP) is 2.96. The fraction of sp³-hybridized carbons (Fsp3) is 0.154. The van der Waals surface area contributed by atoms with Crippen LogP contribution in [-0.2, 0) is 4.79 Å². The number of fused-ring (bicyclic) bond motifs is 1. The van der Waals surface area contributed by atoms with E-state index in [-0.39, 0.29) is 0 Å². The number of aromatic nitrogens is 1. The quantitative estimate of drug-likeness (QED) is 0.757. The number of carboxylic acids is 1. The fourth-order valence-corrected chi connectivity index (χ4v) is 1.76. The highest BCUT2D eigenvalue weighted by Gasteiger charge is 2.07. The number of aliphatic carboxylic acids is 1. The van der Waals surface area contributed by atoms with E-state index in [0.717, 1.165) is 22.2 Å². The Labute approximate surface area is 93.4 Å². The normalized spacial score (nSPS) is 12.0. The molecule has 1 aromatic carbocycles. The molecule has 2 aromatic rings. The zero-order valence-corrected chi connectivity index (χ0v) is 9.24. The maximum Gasteiger partial charge on any atom is 0.331 e. The first kappa shape index (κ1) is 10.5. The minimum atomic E-state index is -0.885. The first-order valence-corrected chi connectivity index (χ1v) is 5.08. The summed E-state index contributed by atoms with van der Waals surface area (Å²) in [5.74, 6) is -0.885. The average molecular weight is 215 g/mol. The maximum absolute atomic E-state index is 10.8. The lowest BCUT2D eigenvalue weighted by Crippen LogP contribution is -1.95. The van der Waals surface area contributed by atoms with Gasteiger partial charge in [-0.3, -0.25) is 0 Å². The number of rotatable bonds is 2. The Bertz CT molecular complexity index is 579. The monoisotopic (exact) mass is 215 g/mol. The van der Waals surface area contributed by atoms with Crippen molar-refractivity contribution in [2.24, 2.45) is 0 Å². The number of benzene rings is 1. The van der Waals surface area contributed by atoms with Crippen LogP contribution in [0, 0.1) is 6.92 Å². The van der Waals surface area contributed by atoms with E-state index >= 15 is 0 Å². The van der Waals surface area contributed by atoms with Crippen LogP contribution in [0.15, 0.2) is 29.8 Å². The van der Waals surface area contributed by atoms with E-state index in [9.17, 15) is 4.79 Å². The van der Waals surface area contributed by atoms with Gasteiger partial charge in [0.05, 0.1) is 0 Å². The number of aromatic amines is 1. The second kappa shape index (κ2) is 3.85. The van der Waals surface area contributed by atoms with Crippen LogP contribution in [-0.4, -0.2) is 16.1 Å².